The fourth-order valence-electron chi connectivity index (χ4n) is 3.55. The molecule has 2 unspecified atom stereocenters. The fourth-order valence-corrected chi connectivity index (χ4v) is 3.55. The topological polar surface area (TPSA) is 61.3 Å². The number of hydrogen-bond acceptors (Lipinski definition) is 5. The SMILES string of the molecule is CC(C)CNCc1cnc(N2C3CCC2CC(O)C3)nc1. The monoisotopic (exact) mass is 290 g/mol. The van der Waals surface area contributed by atoms with Crippen LogP contribution in [-0.4, -0.2) is 39.8 Å². The smallest absolute Gasteiger partial charge is 0.225 e. The highest BCUT2D eigenvalue weighted by Gasteiger charge is 2.41. The standard InChI is InChI=1S/C16H26N4O/c1-11(2)7-17-8-12-9-18-16(19-10-12)20-13-3-4-14(20)6-15(21)5-13/h9-11,13-15,17,21H,3-8H2,1-2H3. The van der Waals surface area contributed by atoms with E-state index < -0.39 is 0 Å². The van der Waals surface area contributed by atoms with Gasteiger partial charge in [0.1, 0.15) is 0 Å². The lowest BCUT2D eigenvalue weighted by Crippen LogP contribution is -2.45. The van der Waals surface area contributed by atoms with Gasteiger partial charge in [0.15, 0.2) is 0 Å². The van der Waals surface area contributed by atoms with Crippen LogP contribution in [0.5, 0.6) is 0 Å². The summed E-state index contributed by atoms with van der Waals surface area (Å²) in [5.74, 6) is 1.49. The van der Waals surface area contributed by atoms with Gasteiger partial charge in [0.2, 0.25) is 5.95 Å². The maximum absolute atomic E-state index is 9.86. The maximum atomic E-state index is 9.86. The highest BCUT2D eigenvalue weighted by molar-refractivity contribution is 5.37. The summed E-state index contributed by atoms with van der Waals surface area (Å²) < 4.78 is 0. The van der Waals surface area contributed by atoms with E-state index in [4.69, 9.17) is 0 Å². The number of nitrogens with one attached hydrogen (secondary N) is 1. The normalized spacial score (nSPS) is 28.4. The molecule has 5 heteroatoms. The van der Waals surface area contributed by atoms with E-state index in [9.17, 15) is 5.11 Å². The third-order valence-electron chi connectivity index (χ3n) is 4.51. The van der Waals surface area contributed by atoms with Crippen molar-refractivity contribution in [1.82, 2.24) is 15.3 Å². The minimum atomic E-state index is -0.141. The Kier molecular flexibility index (Phi) is 4.40. The number of aliphatic hydroxyl groups is 1. The Morgan fingerprint density at radius 1 is 1.24 bits per heavy atom. The summed E-state index contributed by atoms with van der Waals surface area (Å²) in [5.41, 5.74) is 1.13. The molecule has 2 aliphatic heterocycles. The second-order valence-electron chi connectivity index (χ2n) is 6.83. The van der Waals surface area contributed by atoms with E-state index in [0.717, 1.165) is 50.3 Å². The number of aromatic nitrogens is 2. The largest absolute Gasteiger partial charge is 0.393 e. The van der Waals surface area contributed by atoms with Crippen LogP contribution in [0.25, 0.3) is 0 Å². The fraction of sp³-hybridized carbons (Fsp3) is 0.750. The van der Waals surface area contributed by atoms with Gasteiger partial charge in [0.05, 0.1) is 6.10 Å². The molecular formula is C16H26N4O. The number of rotatable bonds is 5. The predicted octanol–water partition coefficient (Wildman–Crippen LogP) is 1.71. The summed E-state index contributed by atoms with van der Waals surface area (Å²) in [6.45, 7) is 6.24. The summed E-state index contributed by atoms with van der Waals surface area (Å²) >= 11 is 0. The first-order valence-electron chi connectivity index (χ1n) is 8.11. The van der Waals surface area contributed by atoms with Gasteiger partial charge in [-0.1, -0.05) is 13.8 Å². The van der Waals surface area contributed by atoms with E-state index >= 15 is 0 Å². The molecule has 2 atom stereocenters. The molecule has 2 N–H and O–H groups in total. The van der Waals surface area contributed by atoms with Crippen LogP contribution in [0.3, 0.4) is 0 Å². The molecule has 0 saturated carbocycles. The summed E-state index contributed by atoms with van der Waals surface area (Å²) in [6.07, 6.45) is 7.75. The molecule has 1 aromatic heterocycles. The highest BCUT2D eigenvalue weighted by atomic mass is 16.3. The van der Waals surface area contributed by atoms with Crippen molar-refractivity contribution in [2.24, 2.45) is 5.92 Å². The van der Waals surface area contributed by atoms with Crippen molar-refractivity contribution in [3.8, 4) is 0 Å². The zero-order chi connectivity index (χ0) is 14.8. The van der Waals surface area contributed by atoms with E-state index in [1.54, 1.807) is 0 Å². The van der Waals surface area contributed by atoms with Crippen LogP contribution in [0.2, 0.25) is 0 Å². The Hall–Kier alpha value is -1.20. The Balaban J connectivity index is 1.62. The van der Waals surface area contributed by atoms with Crippen molar-refractivity contribution in [2.75, 3.05) is 11.4 Å². The van der Waals surface area contributed by atoms with Crippen molar-refractivity contribution in [3.63, 3.8) is 0 Å². The molecule has 0 aromatic carbocycles. The highest BCUT2D eigenvalue weighted by Crippen LogP contribution is 2.37. The molecule has 21 heavy (non-hydrogen) atoms. The van der Waals surface area contributed by atoms with Gasteiger partial charge in [0.25, 0.3) is 0 Å². The van der Waals surface area contributed by atoms with E-state index in [-0.39, 0.29) is 6.10 Å². The zero-order valence-corrected chi connectivity index (χ0v) is 13.0. The first kappa shape index (κ1) is 14.7. The Labute approximate surface area is 126 Å². The van der Waals surface area contributed by atoms with Crippen LogP contribution in [0.4, 0.5) is 5.95 Å². The number of nitrogens with zero attached hydrogens (tertiary/aromatic N) is 3. The van der Waals surface area contributed by atoms with Crippen LogP contribution in [-0.2, 0) is 6.54 Å². The second kappa shape index (κ2) is 6.28. The van der Waals surface area contributed by atoms with Crippen LogP contribution in [0, 0.1) is 5.92 Å². The first-order valence-corrected chi connectivity index (χ1v) is 8.11. The summed E-state index contributed by atoms with van der Waals surface area (Å²) in [4.78, 5) is 11.4. The molecule has 2 fully saturated rings. The van der Waals surface area contributed by atoms with Crippen molar-refractivity contribution in [3.05, 3.63) is 18.0 Å². The number of anilines is 1. The minimum absolute atomic E-state index is 0.141. The van der Waals surface area contributed by atoms with Gasteiger partial charge in [-0.3, -0.25) is 0 Å². The third kappa shape index (κ3) is 3.35. The molecule has 5 nitrogen and oxygen atoms in total. The molecule has 2 bridgehead atoms. The van der Waals surface area contributed by atoms with Gasteiger partial charge >= 0.3 is 0 Å². The molecule has 3 rings (SSSR count). The lowest BCUT2D eigenvalue weighted by atomic mass is 10.0. The van der Waals surface area contributed by atoms with E-state index in [2.05, 4.69) is 34.0 Å². The van der Waals surface area contributed by atoms with Crippen LogP contribution in [0.1, 0.15) is 45.1 Å². The van der Waals surface area contributed by atoms with Gasteiger partial charge in [-0.25, -0.2) is 9.97 Å². The zero-order valence-electron chi connectivity index (χ0n) is 13.0. The summed E-state index contributed by atoms with van der Waals surface area (Å²) in [5, 5.41) is 13.3. The lowest BCUT2D eigenvalue weighted by Gasteiger charge is -2.37. The van der Waals surface area contributed by atoms with E-state index in [1.165, 1.54) is 0 Å². The van der Waals surface area contributed by atoms with E-state index in [1.807, 2.05) is 12.4 Å². The maximum Gasteiger partial charge on any atom is 0.225 e. The minimum Gasteiger partial charge on any atom is -0.393 e. The number of aliphatic hydroxyl groups excluding tert-OH is 1. The van der Waals surface area contributed by atoms with Crippen LogP contribution in [0.15, 0.2) is 12.4 Å². The van der Waals surface area contributed by atoms with Crippen molar-refractivity contribution < 1.29 is 5.11 Å². The van der Waals surface area contributed by atoms with Crippen LogP contribution < -0.4 is 10.2 Å². The summed E-state index contributed by atoms with van der Waals surface area (Å²) in [6, 6.07) is 0.840. The van der Waals surface area contributed by atoms with Crippen molar-refractivity contribution in [2.45, 2.75) is 64.3 Å². The molecule has 0 spiro atoms. The van der Waals surface area contributed by atoms with E-state index in [0.29, 0.717) is 18.0 Å². The molecular weight excluding hydrogens is 264 g/mol. The van der Waals surface area contributed by atoms with Crippen molar-refractivity contribution in [1.29, 1.82) is 0 Å². The Morgan fingerprint density at radius 2 is 1.86 bits per heavy atom. The number of hydrogen-bond donors (Lipinski definition) is 2. The molecule has 0 amide bonds. The third-order valence-corrected chi connectivity index (χ3v) is 4.51. The Bertz CT molecular complexity index is 448. The molecule has 3 heterocycles. The van der Waals surface area contributed by atoms with Gasteiger partial charge in [-0.15, -0.1) is 0 Å². The van der Waals surface area contributed by atoms with Crippen molar-refractivity contribution >= 4 is 5.95 Å². The molecule has 116 valence electrons. The van der Waals surface area contributed by atoms with Gasteiger partial charge in [-0.05, 0) is 38.1 Å². The van der Waals surface area contributed by atoms with Gasteiger partial charge in [0, 0.05) is 36.6 Å². The van der Waals surface area contributed by atoms with Gasteiger partial charge < -0.3 is 15.3 Å². The average Bonchev–Trinajstić information content (AvgIpc) is 2.72. The van der Waals surface area contributed by atoms with Gasteiger partial charge in [-0.2, -0.15) is 0 Å². The first-order chi connectivity index (χ1) is 10.1. The molecule has 0 radical (unpaired) electrons. The second-order valence-corrected chi connectivity index (χ2v) is 6.83. The van der Waals surface area contributed by atoms with Crippen LogP contribution >= 0.6 is 0 Å². The predicted molar refractivity (Wildman–Crippen MR) is 83.1 cm³/mol. The number of piperidine rings is 1. The molecule has 2 aliphatic rings. The molecule has 0 aliphatic carbocycles. The quantitative estimate of drug-likeness (QED) is 0.864. The molecule has 2 saturated heterocycles. The summed E-state index contributed by atoms with van der Waals surface area (Å²) in [7, 11) is 0. The lowest BCUT2D eigenvalue weighted by molar-refractivity contribution is 0.125. The number of fused-ring (bicyclic) bond motifs is 2. The average molecular weight is 290 g/mol. The molecule has 1 aromatic rings. The Morgan fingerprint density at radius 3 is 2.43 bits per heavy atom.